The summed E-state index contributed by atoms with van der Waals surface area (Å²) < 4.78 is 1.60. The van der Waals surface area contributed by atoms with Gasteiger partial charge in [-0.15, -0.1) is 5.10 Å². The van der Waals surface area contributed by atoms with Crippen LogP contribution >= 0.6 is 0 Å². The maximum Gasteiger partial charge on any atom is 0.240 e. The molecule has 0 spiro atoms. The molecule has 5 nitrogen and oxygen atoms in total. The lowest BCUT2D eigenvalue weighted by molar-refractivity contribution is 0.477. The number of hydrogen-bond acceptors (Lipinski definition) is 4. The number of phenolic OH excluding ortho intramolecular Hbond substituents is 1. The Morgan fingerprint density at radius 1 is 1.18 bits per heavy atom. The van der Waals surface area contributed by atoms with Crippen LogP contribution in [0.4, 0.5) is 5.95 Å². The number of hydrogen-bond donors (Lipinski definition) is 2. The summed E-state index contributed by atoms with van der Waals surface area (Å²) in [6.45, 7) is 0. The maximum atomic E-state index is 9.77. The van der Waals surface area contributed by atoms with Crippen LogP contribution in [0.1, 0.15) is 0 Å². The Morgan fingerprint density at radius 2 is 2.00 bits per heavy atom. The van der Waals surface area contributed by atoms with E-state index in [9.17, 15) is 5.11 Å². The first-order chi connectivity index (χ1) is 8.24. The Balaban J connectivity index is 2.21. The molecule has 0 amide bonds. The van der Waals surface area contributed by atoms with Crippen molar-refractivity contribution in [3.8, 4) is 16.9 Å². The van der Waals surface area contributed by atoms with E-state index in [0.29, 0.717) is 5.65 Å². The molecule has 0 aliphatic rings. The van der Waals surface area contributed by atoms with Gasteiger partial charge in [0.2, 0.25) is 5.95 Å². The molecule has 2 aromatic heterocycles. The van der Waals surface area contributed by atoms with Crippen LogP contribution in [0.25, 0.3) is 16.8 Å². The third kappa shape index (κ3) is 1.57. The van der Waals surface area contributed by atoms with Gasteiger partial charge < -0.3 is 10.8 Å². The Kier molecular flexibility index (Phi) is 1.98. The van der Waals surface area contributed by atoms with Crippen molar-refractivity contribution in [1.29, 1.82) is 0 Å². The normalized spacial score (nSPS) is 10.8. The number of anilines is 1. The minimum atomic E-state index is 0.236. The number of nitrogen functional groups attached to an aromatic ring is 1. The first kappa shape index (κ1) is 9.65. The second kappa shape index (κ2) is 3.48. The number of nitrogens with two attached hydrogens (primary N) is 1. The minimum absolute atomic E-state index is 0.236. The number of fused-ring (bicyclic) bond motifs is 1. The first-order valence-corrected chi connectivity index (χ1v) is 5.14. The van der Waals surface area contributed by atoms with Gasteiger partial charge in [0, 0.05) is 11.8 Å². The van der Waals surface area contributed by atoms with Crippen molar-refractivity contribution in [2.24, 2.45) is 0 Å². The van der Waals surface area contributed by atoms with Gasteiger partial charge in [0.25, 0.3) is 0 Å². The molecule has 3 N–H and O–H groups in total. The summed E-state index contributed by atoms with van der Waals surface area (Å²) in [5.74, 6) is 0.476. The van der Waals surface area contributed by atoms with Crippen molar-refractivity contribution < 1.29 is 5.11 Å². The highest BCUT2D eigenvalue weighted by atomic mass is 16.3. The Hall–Kier alpha value is -2.56. The van der Waals surface area contributed by atoms with E-state index in [1.165, 1.54) is 0 Å². The largest absolute Gasteiger partial charge is 0.507 e. The number of aromatic hydroxyl groups is 1. The molecule has 1 aromatic carbocycles. The molecule has 0 unspecified atom stereocenters. The molecule has 0 saturated carbocycles. The molecule has 17 heavy (non-hydrogen) atoms. The lowest BCUT2D eigenvalue weighted by Gasteiger charge is -2.03. The van der Waals surface area contributed by atoms with Crippen LogP contribution in [0.15, 0.2) is 42.6 Å². The molecular formula is C12H10N4O. The Bertz CT molecular complexity index is 690. The van der Waals surface area contributed by atoms with Crippen LogP contribution in [0.5, 0.6) is 5.75 Å². The molecule has 84 valence electrons. The van der Waals surface area contributed by atoms with Crippen molar-refractivity contribution in [3.05, 3.63) is 42.6 Å². The molecule has 2 heterocycles. The van der Waals surface area contributed by atoms with Crippen molar-refractivity contribution >= 4 is 11.6 Å². The van der Waals surface area contributed by atoms with Gasteiger partial charge in [-0.2, -0.15) is 4.98 Å². The Morgan fingerprint density at radius 3 is 2.82 bits per heavy atom. The average molecular weight is 226 g/mol. The van der Waals surface area contributed by atoms with E-state index >= 15 is 0 Å². The summed E-state index contributed by atoms with van der Waals surface area (Å²) in [7, 11) is 0. The summed E-state index contributed by atoms with van der Waals surface area (Å²) in [6, 6.07) is 10.8. The van der Waals surface area contributed by atoms with Crippen LogP contribution in [-0.4, -0.2) is 19.7 Å². The first-order valence-electron chi connectivity index (χ1n) is 5.14. The van der Waals surface area contributed by atoms with Crippen LogP contribution in [0, 0.1) is 0 Å². The third-order valence-corrected chi connectivity index (χ3v) is 2.57. The van der Waals surface area contributed by atoms with Gasteiger partial charge in [-0.3, -0.25) is 0 Å². The van der Waals surface area contributed by atoms with E-state index in [4.69, 9.17) is 5.73 Å². The van der Waals surface area contributed by atoms with Gasteiger partial charge in [0.15, 0.2) is 5.65 Å². The SMILES string of the molecule is Nc1nc2cc(-c3ccccc3O)ccn2n1. The highest BCUT2D eigenvalue weighted by Gasteiger charge is 2.06. The second-order valence-electron chi connectivity index (χ2n) is 3.71. The topological polar surface area (TPSA) is 76.4 Å². The summed E-state index contributed by atoms with van der Waals surface area (Å²) in [4.78, 5) is 4.08. The zero-order valence-corrected chi connectivity index (χ0v) is 8.91. The molecule has 0 aliphatic heterocycles. The minimum Gasteiger partial charge on any atom is -0.507 e. The van der Waals surface area contributed by atoms with E-state index in [-0.39, 0.29) is 11.7 Å². The van der Waals surface area contributed by atoms with E-state index in [1.807, 2.05) is 24.3 Å². The van der Waals surface area contributed by atoms with Gasteiger partial charge >= 0.3 is 0 Å². The average Bonchev–Trinajstić information content (AvgIpc) is 2.68. The fraction of sp³-hybridized carbons (Fsp3) is 0. The van der Waals surface area contributed by atoms with E-state index in [1.54, 1.807) is 22.8 Å². The van der Waals surface area contributed by atoms with Crippen molar-refractivity contribution in [2.45, 2.75) is 0 Å². The van der Waals surface area contributed by atoms with E-state index in [2.05, 4.69) is 10.1 Å². The number of aromatic nitrogens is 3. The fourth-order valence-corrected chi connectivity index (χ4v) is 1.78. The quantitative estimate of drug-likeness (QED) is 0.662. The molecule has 3 aromatic rings. The van der Waals surface area contributed by atoms with Crippen molar-refractivity contribution in [1.82, 2.24) is 14.6 Å². The number of benzene rings is 1. The van der Waals surface area contributed by atoms with Gasteiger partial charge in [0.05, 0.1) is 0 Å². The van der Waals surface area contributed by atoms with E-state index in [0.717, 1.165) is 11.1 Å². The van der Waals surface area contributed by atoms with Crippen LogP contribution in [0.3, 0.4) is 0 Å². The highest BCUT2D eigenvalue weighted by Crippen LogP contribution is 2.28. The number of phenols is 1. The molecule has 0 bridgehead atoms. The number of nitrogens with zero attached hydrogens (tertiary/aromatic N) is 3. The molecule has 0 atom stereocenters. The lowest BCUT2D eigenvalue weighted by atomic mass is 10.1. The third-order valence-electron chi connectivity index (χ3n) is 2.57. The summed E-state index contributed by atoms with van der Waals surface area (Å²) in [6.07, 6.45) is 1.76. The van der Waals surface area contributed by atoms with Gasteiger partial charge in [-0.1, -0.05) is 18.2 Å². The zero-order chi connectivity index (χ0) is 11.8. The van der Waals surface area contributed by atoms with Gasteiger partial charge in [-0.25, -0.2) is 4.52 Å². The highest BCUT2D eigenvalue weighted by molar-refractivity contribution is 5.72. The Labute approximate surface area is 97.1 Å². The molecule has 0 fully saturated rings. The molecule has 0 saturated heterocycles. The van der Waals surface area contributed by atoms with Crippen LogP contribution in [0.2, 0.25) is 0 Å². The molecule has 3 rings (SSSR count). The standard InChI is InChI=1S/C12H10N4O/c13-12-14-11-7-8(5-6-16(11)15-12)9-3-1-2-4-10(9)17/h1-7,17H,(H2,13,15). The maximum absolute atomic E-state index is 9.77. The summed E-state index contributed by atoms with van der Waals surface area (Å²) in [5.41, 5.74) is 7.81. The fourth-order valence-electron chi connectivity index (χ4n) is 1.78. The van der Waals surface area contributed by atoms with Crippen molar-refractivity contribution in [2.75, 3.05) is 5.73 Å². The molecular weight excluding hydrogens is 216 g/mol. The summed E-state index contributed by atoms with van der Waals surface area (Å²) in [5, 5.41) is 13.8. The second-order valence-corrected chi connectivity index (χ2v) is 3.71. The van der Waals surface area contributed by atoms with Crippen molar-refractivity contribution in [3.63, 3.8) is 0 Å². The predicted octanol–water partition coefficient (Wildman–Crippen LogP) is 1.68. The van der Waals surface area contributed by atoms with Gasteiger partial charge in [0.1, 0.15) is 5.75 Å². The smallest absolute Gasteiger partial charge is 0.240 e. The van der Waals surface area contributed by atoms with Crippen LogP contribution in [-0.2, 0) is 0 Å². The monoisotopic (exact) mass is 226 g/mol. The van der Waals surface area contributed by atoms with E-state index < -0.39 is 0 Å². The number of rotatable bonds is 1. The number of para-hydroxylation sites is 1. The number of pyridine rings is 1. The van der Waals surface area contributed by atoms with Gasteiger partial charge in [-0.05, 0) is 23.8 Å². The molecule has 0 aliphatic carbocycles. The predicted molar refractivity (Wildman–Crippen MR) is 64.5 cm³/mol. The van der Waals surface area contributed by atoms with Crippen LogP contribution < -0.4 is 5.73 Å². The molecule has 0 radical (unpaired) electrons. The summed E-state index contributed by atoms with van der Waals surface area (Å²) >= 11 is 0. The zero-order valence-electron chi connectivity index (χ0n) is 8.91. The lowest BCUT2D eigenvalue weighted by Crippen LogP contribution is -1.89. The molecule has 5 heteroatoms.